The van der Waals surface area contributed by atoms with Gasteiger partial charge >= 0.3 is 12.0 Å². The highest BCUT2D eigenvalue weighted by atomic mass is 32.1. The lowest BCUT2D eigenvalue weighted by atomic mass is 10.1. The molecule has 0 spiro atoms. The predicted octanol–water partition coefficient (Wildman–Crippen LogP) is 3.00. The number of carboxylic acid groups (broad SMARTS) is 1. The molecule has 0 saturated carbocycles. The zero-order valence-electron chi connectivity index (χ0n) is 10.8. The summed E-state index contributed by atoms with van der Waals surface area (Å²) in [4.78, 5) is 23.0. The molecule has 0 aliphatic carbocycles. The van der Waals surface area contributed by atoms with Gasteiger partial charge in [0.2, 0.25) is 0 Å². The van der Waals surface area contributed by atoms with E-state index in [0.717, 1.165) is 5.56 Å². The second-order valence-electron chi connectivity index (χ2n) is 4.29. The van der Waals surface area contributed by atoms with Gasteiger partial charge in [-0.15, -0.1) is 0 Å². The summed E-state index contributed by atoms with van der Waals surface area (Å²) in [6.45, 7) is 1.95. The number of hydrogen-bond donors (Lipinski definition) is 3. The van der Waals surface area contributed by atoms with Crippen LogP contribution in [-0.2, 0) is 4.79 Å². The molecule has 1 atom stereocenters. The SMILES string of the molecule is Cc1ccc(NC(=O)NC(C(=O)O)c2ccsc2)cc1. The molecule has 0 aliphatic heterocycles. The molecule has 0 fully saturated rings. The van der Waals surface area contributed by atoms with Crippen LogP contribution in [0.25, 0.3) is 0 Å². The highest BCUT2D eigenvalue weighted by molar-refractivity contribution is 7.08. The van der Waals surface area contributed by atoms with Gasteiger partial charge < -0.3 is 15.7 Å². The molecule has 1 aromatic carbocycles. The molecule has 20 heavy (non-hydrogen) atoms. The van der Waals surface area contributed by atoms with E-state index >= 15 is 0 Å². The van der Waals surface area contributed by atoms with Gasteiger partial charge in [-0.05, 0) is 41.4 Å². The highest BCUT2D eigenvalue weighted by Gasteiger charge is 2.22. The monoisotopic (exact) mass is 290 g/mol. The molecule has 1 heterocycles. The Balaban J connectivity index is 2.02. The summed E-state index contributed by atoms with van der Waals surface area (Å²) in [5, 5.41) is 17.7. The maximum atomic E-state index is 11.8. The Morgan fingerprint density at radius 2 is 1.90 bits per heavy atom. The van der Waals surface area contributed by atoms with Gasteiger partial charge in [0.25, 0.3) is 0 Å². The topological polar surface area (TPSA) is 78.4 Å². The summed E-state index contributed by atoms with van der Waals surface area (Å²) in [7, 11) is 0. The Bertz CT molecular complexity index is 593. The fourth-order valence-corrected chi connectivity index (χ4v) is 2.35. The number of benzene rings is 1. The van der Waals surface area contributed by atoms with Crippen LogP contribution in [0.15, 0.2) is 41.1 Å². The average molecular weight is 290 g/mol. The first-order valence-corrected chi connectivity index (χ1v) is 6.89. The number of carbonyl (C=O) groups is 2. The second-order valence-corrected chi connectivity index (χ2v) is 5.07. The third-order valence-corrected chi connectivity index (χ3v) is 3.41. The van der Waals surface area contributed by atoms with Gasteiger partial charge in [-0.3, -0.25) is 0 Å². The van der Waals surface area contributed by atoms with E-state index in [4.69, 9.17) is 5.11 Å². The molecule has 0 radical (unpaired) electrons. The molecule has 5 nitrogen and oxygen atoms in total. The van der Waals surface area contributed by atoms with Crippen LogP contribution in [0.2, 0.25) is 0 Å². The summed E-state index contributed by atoms with van der Waals surface area (Å²) in [6, 6.07) is 7.33. The van der Waals surface area contributed by atoms with E-state index < -0.39 is 18.0 Å². The van der Waals surface area contributed by atoms with Gasteiger partial charge in [0.15, 0.2) is 6.04 Å². The lowest BCUT2D eigenvalue weighted by Gasteiger charge is -2.14. The summed E-state index contributed by atoms with van der Waals surface area (Å²) in [5.74, 6) is -1.09. The van der Waals surface area contributed by atoms with Gasteiger partial charge in [-0.2, -0.15) is 11.3 Å². The maximum Gasteiger partial charge on any atom is 0.330 e. The normalized spacial score (nSPS) is 11.7. The number of hydrogen-bond acceptors (Lipinski definition) is 3. The van der Waals surface area contributed by atoms with Crippen molar-refractivity contribution in [3.8, 4) is 0 Å². The smallest absolute Gasteiger partial charge is 0.330 e. The molecule has 2 amide bonds. The van der Waals surface area contributed by atoms with Crippen molar-refractivity contribution in [2.24, 2.45) is 0 Å². The Kier molecular flexibility index (Phi) is 4.37. The average Bonchev–Trinajstić information content (AvgIpc) is 2.92. The van der Waals surface area contributed by atoms with E-state index in [0.29, 0.717) is 11.3 Å². The summed E-state index contributed by atoms with van der Waals surface area (Å²) in [5.41, 5.74) is 2.25. The third kappa shape index (κ3) is 3.58. The van der Waals surface area contributed by atoms with E-state index in [2.05, 4.69) is 10.6 Å². The number of amides is 2. The van der Waals surface area contributed by atoms with E-state index in [9.17, 15) is 9.59 Å². The molecule has 1 aromatic heterocycles. The minimum atomic E-state index is -1.09. The first-order valence-electron chi connectivity index (χ1n) is 5.95. The van der Waals surface area contributed by atoms with Crippen molar-refractivity contribution < 1.29 is 14.7 Å². The molecular formula is C14H14N2O3S. The minimum absolute atomic E-state index is 0.549. The summed E-state index contributed by atoms with van der Waals surface area (Å²) >= 11 is 1.38. The van der Waals surface area contributed by atoms with E-state index in [-0.39, 0.29) is 0 Å². The van der Waals surface area contributed by atoms with Crippen molar-refractivity contribution in [2.75, 3.05) is 5.32 Å². The van der Waals surface area contributed by atoms with Crippen LogP contribution >= 0.6 is 11.3 Å². The van der Waals surface area contributed by atoms with Crippen LogP contribution in [0, 0.1) is 6.92 Å². The Labute approximate surface area is 120 Å². The number of carbonyl (C=O) groups excluding carboxylic acids is 1. The Morgan fingerprint density at radius 3 is 2.45 bits per heavy atom. The Hall–Kier alpha value is -2.34. The van der Waals surface area contributed by atoms with Crippen molar-refractivity contribution >= 4 is 29.0 Å². The minimum Gasteiger partial charge on any atom is -0.479 e. The van der Waals surface area contributed by atoms with E-state index in [1.54, 1.807) is 29.0 Å². The van der Waals surface area contributed by atoms with Gasteiger partial charge in [-0.1, -0.05) is 17.7 Å². The van der Waals surface area contributed by atoms with Crippen LogP contribution in [0.1, 0.15) is 17.2 Å². The van der Waals surface area contributed by atoms with Crippen molar-refractivity contribution in [1.82, 2.24) is 5.32 Å². The van der Waals surface area contributed by atoms with Crippen LogP contribution < -0.4 is 10.6 Å². The van der Waals surface area contributed by atoms with Crippen LogP contribution in [-0.4, -0.2) is 17.1 Å². The molecular weight excluding hydrogens is 276 g/mol. The lowest BCUT2D eigenvalue weighted by Crippen LogP contribution is -2.36. The predicted molar refractivity (Wildman–Crippen MR) is 78.0 cm³/mol. The van der Waals surface area contributed by atoms with Crippen LogP contribution in [0.4, 0.5) is 10.5 Å². The number of anilines is 1. The largest absolute Gasteiger partial charge is 0.479 e. The Morgan fingerprint density at radius 1 is 1.20 bits per heavy atom. The number of nitrogens with one attached hydrogen (secondary N) is 2. The number of carboxylic acids is 1. The lowest BCUT2D eigenvalue weighted by molar-refractivity contribution is -0.139. The molecule has 6 heteroatoms. The van der Waals surface area contributed by atoms with Gasteiger partial charge in [-0.25, -0.2) is 9.59 Å². The fourth-order valence-electron chi connectivity index (χ4n) is 1.66. The highest BCUT2D eigenvalue weighted by Crippen LogP contribution is 2.17. The first-order chi connectivity index (χ1) is 9.56. The molecule has 1 unspecified atom stereocenters. The zero-order valence-corrected chi connectivity index (χ0v) is 11.6. The number of rotatable bonds is 4. The molecule has 0 aliphatic rings. The van der Waals surface area contributed by atoms with Crippen molar-refractivity contribution in [2.45, 2.75) is 13.0 Å². The van der Waals surface area contributed by atoms with E-state index in [1.807, 2.05) is 19.1 Å². The molecule has 3 N–H and O–H groups in total. The number of thiophene rings is 1. The van der Waals surface area contributed by atoms with Crippen LogP contribution in [0.5, 0.6) is 0 Å². The van der Waals surface area contributed by atoms with Crippen molar-refractivity contribution in [3.05, 3.63) is 52.2 Å². The standard InChI is InChI=1S/C14H14N2O3S/c1-9-2-4-11(5-3-9)15-14(19)16-12(13(17)18)10-6-7-20-8-10/h2-8,12H,1H3,(H,17,18)(H2,15,16,19). The maximum absolute atomic E-state index is 11.8. The number of urea groups is 1. The van der Waals surface area contributed by atoms with Gasteiger partial charge in [0, 0.05) is 5.69 Å². The number of aliphatic carboxylic acids is 1. The zero-order chi connectivity index (χ0) is 14.5. The quantitative estimate of drug-likeness (QED) is 0.810. The van der Waals surface area contributed by atoms with Gasteiger partial charge in [0.05, 0.1) is 0 Å². The van der Waals surface area contributed by atoms with Crippen molar-refractivity contribution in [3.63, 3.8) is 0 Å². The molecule has 2 rings (SSSR count). The van der Waals surface area contributed by atoms with Crippen LogP contribution in [0.3, 0.4) is 0 Å². The molecule has 2 aromatic rings. The molecule has 0 bridgehead atoms. The first kappa shape index (κ1) is 14.1. The molecule has 0 saturated heterocycles. The van der Waals surface area contributed by atoms with Gasteiger partial charge in [0.1, 0.15) is 0 Å². The number of aryl methyl sites for hydroxylation is 1. The summed E-state index contributed by atoms with van der Waals surface area (Å²) < 4.78 is 0. The third-order valence-electron chi connectivity index (χ3n) is 2.71. The van der Waals surface area contributed by atoms with E-state index in [1.165, 1.54) is 11.3 Å². The fraction of sp³-hybridized carbons (Fsp3) is 0.143. The molecule has 104 valence electrons. The van der Waals surface area contributed by atoms with Crippen molar-refractivity contribution in [1.29, 1.82) is 0 Å². The summed E-state index contributed by atoms with van der Waals surface area (Å²) in [6.07, 6.45) is 0. The second kappa shape index (κ2) is 6.21.